The quantitative estimate of drug-likeness (QED) is 0.502. The minimum atomic E-state index is -1.06. The summed E-state index contributed by atoms with van der Waals surface area (Å²) in [6, 6.07) is 11.0. The summed E-state index contributed by atoms with van der Waals surface area (Å²) in [5.41, 5.74) is 1.76. The van der Waals surface area contributed by atoms with E-state index in [1.807, 2.05) is 13.0 Å². The average molecular weight is 490 g/mol. The van der Waals surface area contributed by atoms with Crippen molar-refractivity contribution in [3.8, 4) is 23.2 Å². The lowest BCUT2D eigenvalue weighted by Crippen LogP contribution is -2.63. The third kappa shape index (κ3) is 4.70. The van der Waals surface area contributed by atoms with Gasteiger partial charge in [-0.3, -0.25) is 14.5 Å². The predicted octanol–water partition coefficient (Wildman–Crippen LogP) is 4.66. The maximum Gasteiger partial charge on any atom is 0.275 e. The van der Waals surface area contributed by atoms with Crippen LogP contribution in [0.4, 0.5) is 4.39 Å². The molecule has 1 saturated heterocycles. The highest BCUT2D eigenvalue weighted by Gasteiger charge is 2.45. The normalized spacial score (nSPS) is 15.7. The van der Waals surface area contributed by atoms with Crippen LogP contribution in [0.1, 0.15) is 70.4 Å². The highest BCUT2D eigenvalue weighted by Crippen LogP contribution is 2.31. The molecular formula is C28H32FN5O2. The lowest BCUT2D eigenvalue weighted by Gasteiger charge is -2.43. The van der Waals surface area contributed by atoms with Gasteiger partial charge in [0.2, 0.25) is 0 Å². The first-order valence-corrected chi connectivity index (χ1v) is 12.2. The van der Waals surface area contributed by atoms with Gasteiger partial charge in [0.15, 0.2) is 5.65 Å². The number of rotatable bonds is 3. The van der Waals surface area contributed by atoms with Crippen LogP contribution in [0.5, 0.6) is 0 Å². The molecule has 0 radical (unpaired) electrons. The number of aromatic nitrogens is 3. The summed E-state index contributed by atoms with van der Waals surface area (Å²) >= 11 is 0. The van der Waals surface area contributed by atoms with Gasteiger partial charge >= 0.3 is 0 Å². The lowest BCUT2D eigenvalue weighted by atomic mass is 9.87. The highest BCUT2D eigenvalue weighted by molar-refractivity contribution is 5.99. The Morgan fingerprint density at radius 3 is 2.50 bits per heavy atom. The smallest absolute Gasteiger partial charge is 0.275 e. The Labute approximate surface area is 211 Å². The fourth-order valence-electron chi connectivity index (χ4n) is 4.30. The molecular weight excluding hydrogens is 457 g/mol. The summed E-state index contributed by atoms with van der Waals surface area (Å²) in [6.07, 6.45) is 3.25. The van der Waals surface area contributed by atoms with Gasteiger partial charge < -0.3 is 4.90 Å². The number of imidazole rings is 1. The summed E-state index contributed by atoms with van der Waals surface area (Å²) in [6.45, 7) is 12.4. The Balaban J connectivity index is 1.72. The molecule has 1 aliphatic heterocycles. The maximum absolute atomic E-state index is 13.6. The summed E-state index contributed by atoms with van der Waals surface area (Å²) in [5.74, 6) is 2.16. The minimum Gasteiger partial charge on any atom is -0.321 e. The molecule has 2 amide bonds. The first-order chi connectivity index (χ1) is 16.9. The van der Waals surface area contributed by atoms with E-state index in [1.165, 1.54) is 17.0 Å². The first-order valence-electron chi connectivity index (χ1n) is 12.2. The van der Waals surface area contributed by atoms with Crippen molar-refractivity contribution < 1.29 is 14.0 Å². The molecule has 188 valence electrons. The van der Waals surface area contributed by atoms with Crippen LogP contribution in [0.2, 0.25) is 0 Å². The van der Waals surface area contributed by atoms with Crippen molar-refractivity contribution in [1.29, 1.82) is 0 Å². The molecule has 0 unspecified atom stereocenters. The van der Waals surface area contributed by atoms with Gasteiger partial charge in [-0.2, -0.15) is 5.10 Å². The average Bonchev–Trinajstić information content (AvgIpc) is 3.25. The van der Waals surface area contributed by atoms with E-state index in [4.69, 9.17) is 0 Å². The van der Waals surface area contributed by atoms with Gasteiger partial charge in [-0.1, -0.05) is 33.6 Å². The third-order valence-electron chi connectivity index (χ3n) is 6.42. The van der Waals surface area contributed by atoms with Crippen LogP contribution in [0, 0.1) is 17.8 Å². The molecule has 3 aromatic rings. The Hall–Kier alpha value is -3.73. The van der Waals surface area contributed by atoms with E-state index in [1.54, 1.807) is 41.6 Å². The molecule has 0 N–H and O–H groups in total. The summed E-state index contributed by atoms with van der Waals surface area (Å²) in [5, 5.41) is 4.67. The van der Waals surface area contributed by atoms with E-state index in [0.29, 0.717) is 24.4 Å². The number of carbonyl (C=O) groups is 2. The number of nitrogens with zero attached hydrogens (tertiary/aromatic N) is 5. The van der Waals surface area contributed by atoms with Gasteiger partial charge in [0, 0.05) is 30.1 Å². The third-order valence-corrected chi connectivity index (χ3v) is 6.42. The molecule has 7 nitrogen and oxygen atoms in total. The fourth-order valence-corrected chi connectivity index (χ4v) is 4.30. The number of piperazine rings is 1. The van der Waals surface area contributed by atoms with Crippen LogP contribution in [0.25, 0.3) is 16.9 Å². The molecule has 1 aliphatic rings. The van der Waals surface area contributed by atoms with Gasteiger partial charge in [-0.05, 0) is 56.0 Å². The van der Waals surface area contributed by atoms with Crippen LogP contribution in [-0.2, 0) is 10.2 Å². The van der Waals surface area contributed by atoms with E-state index in [2.05, 4.69) is 42.8 Å². The van der Waals surface area contributed by atoms with E-state index in [-0.39, 0.29) is 28.7 Å². The largest absolute Gasteiger partial charge is 0.321 e. The zero-order valence-electron chi connectivity index (χ0n) is 21.7. The van der Waals surface area contributed by atoms with Gasteiger partial charge in [0.25, 0.3) is 11.8 Å². The van der Waals surface area contributed by atoms with E-state index >= 15 is 0 Å². The molecule has 0 aliphatic carbocycles. The molecule has 0 bridgehead atoms. The number of fused-ring (bicyclic) bond motifs is 1. The molecule has 2 aromatic heterocycles. The van der Waals surface area contributed by atoms with Crippen molar-refractivity contribution in [3.05, 3.63) is 53.6 Å². The summed E-state index contributed by atoms with van der Waals surface area (Å²) < 4.78 is 15.1. The van der Waals surface area contributed by atoms with E-state index in [0.717, 1.165) is 24.0 Å². The van der Waals surface area contributed by atoms with Crippen molar-refractivity contribution in [2.45, 2.75) is 65.3 Å². The van der Waals surface area contributed by atoms with Crippen molar-refractivity contribution in [2.24, 2.45) is 0 Å². The number of carbonyl (C=O) groups excluding carboxylic acids is 2. The standard InChI is InChI=1S/C28H32FN5O2/c1-7-8-9-14-32-15-16-33(28(5,6)26(32)36)25(35)23-18-34-24(30-23)21(27(2,3)4)17-22(31-34)19-10-12-20(29)13-11-19/h10-13,17-18H,7-8,15-16H2,1-6H3. The molecule has 36 heavy (non-hydrogen) atoms. The Bertz CT molecular complexity index is 1370. The number of benzene rings is 1. The Morgan fingerprint density at radius 2 is 1.86 bits per heavy atom. The SMILES string of the molecule is CCCC#CN1CCN(C(=O)c2cn3nc(-c4ccc(F)cc4)cc(C(C)(C)C)c3n2)C(C)(C)C1=O. The Morgan fingerprint density at radius 1 is 1.17 bits per heavy atom. The topological polar surface area (TPSA) is 70.8 Å². The zero-order chi connectivity index (χ0) is 26.3. The fraction of sp³-hybridized carbons (Fsp3) is 0.429. The van der Waals surface area contributed by atoms with Gasteiger partial charge in [0.05, 0.1) is 18.4 Å². The number of amides is 2. The van der Waals surface area contributed by atoms with Crippen molar-refractivity contribution >= 4 is 17.5 Å². The van der Waals surface area contributed by atoms with Crippen LogP contribution in [-0.4, -0.2) is 54.8 Å². The van der Waals surface area contributed by atoms with Crippen LogP contribution < -0.4 is 0 Å². The molecule has 0 atom stereocenters. The number of unbranched alkanes of at least 4 members (excludes halogenated alkanes) is 1. The summed E-state index contributed by atoms with van der Waals surface area (Å²) in [7, 11) is 0. The number of hydrogen-bond donors (Lipinski definition) is 0. The maximum atomic E-state index is 13.6. The summed E-state index contributed by atoms with van der Waals surface area (Å²) in [4.78, 5) is 34.5. The minimum absolute atomic E-state index is 0.207. The van der Waals surface area contributed by atoms with Crippen molar-refractivity contribution in [1.82, 2.24) is 24.4 Å². The second kappa shape index (κ2) is 9.38. The van der Waals surface area contributed by atoms with Gasteiger partial charge in [-0.15, -0.1) is 0 Å². The molecule has 0 spiro atoms. The highest BCUT2D eigenvalue weighted by atomic mass is 19.1. The van der Waals surface area contributed by atoms with Crippen LogP contribution in [0.15, 0.2) is 36.5 Å². The second-order valence-electron chi connectivity index (χ2n) is 10.6. The van der Waals surface area contributed by atoms with Crippen LogP contribution in [0.3, 0.4) is 0 Å². The second-order valence-corrected chi connectivity index (χ2v) is 10.6. The number of hydrogen-bond acceptors (Lipinski definition) is 4. The van der Waals surface area contributed by atoms with Crippen molar-refractivity contribution in [3.63, 3.8) is 0 Å². The van der Waals surface area contributed by atoms with E-state index < -0.39 is 5.54 Å². The van der Waals surface area contributed by atoms with Crippen LogP contribution >= 0.6 is 0 Å². The molecule has 3 heterocycles. The molecule has 0 saturated carbocycles. The number of halogens is 1. The monoisotopic (exact) mass is 489 g/mol. The zero-order valence-corrected chi connectivity index (χ0v) is 21.7. The first kappa shape index (κ1) is 25.4. The molecule has 8 heteroatoms. The van der Waals surface area contributed by atoms with Gasteiger partial charge in [-0.25, -0.2) is 13.9 Å². The van der Waals surface area contributed by atoms with Gasteiger partial charge in [0.1, 0.15) is 17.1 Å². The lowest BCUT2D eigenvalue weighted by molar-refractivity contribution is -0.142. The molecule has 1 fully saturated rings. The Kier molecular flexibility index (Phi) is 6.61. The molecule has 4 rings (SSSR count). The predicted molar refractivity (Wildman–Crippen MR) is 137 cm³/mol. The van der Waals surface area contributed by atoms with E-state index in [9.17, 15) is 14.0 Å². The van der Waals surface area contributed by atoms with Crippen molar-refractivity contribution in [2.75, 3.05) is 13.1 Å². The molecule has 1 aromatic carbocycles.